The molecule has 0 saturated carbocycles. The number of aromatic nitrogens is 1. The van der Waals surface area contributed by atoms with Crippen LogP contribution in [0.25, 0.3) is 0 Å². The van der Waals surface area contributed by atoms with Gasteiger partial charge in [-0.1, -0.05) is 11.6 Å². The summed E-state index contributed by atoms with van der Waals surface area (Å²) in [6, 6.07) is 0. The van der Waals surface area contributed by atoms with Gasteiger partial charge in [0.2, 0.25) is 5.91 Å². The number of rotatable bonds is 3. The van der Waals surface area contributed by atoms with Crippen molar-refractivity contribution in [3.8, 4) is 0 Å². The molecule has 0 radical (unpaired) electrons. The maximum absolute atomic E-state index is 13.9. The molecule has 1 amide bonds. The number of carbonyl (C=O) groups excluding carboxylic acids is 2. The van der Waals surface area contributed by atoms with Crippen LogP contribution in [-0.4, -0.2) is 30.5 Å². The van der Waals surface area contributed by atoms with Gasteiger partial charge in [0.15, 0.2) is 11.0 Å². The van der Waals surface area contributed by atoms with Gasteiger partial charge in [0.25, 0.3) is 0 Å². The lowest BCUT2D eigenvalue weighted by atomic mass is 10.2. The van der Waals surface area contributed by atoms with Gasteiger partial charge in [0, 0.05) is 20.2 Å². The van der Waals surface area contributed by atoms with Gasteiger partial charge in [0.1, 0.15) is 5.56 Å². The molecule has 0 atom stereocenters. The van der Waals surface area contributed by atoms with Crippen LogP contribution in [0.2, 0.25) is 5.15 Å². The number of pyridine rings is 1. The monoisotopic (exact) mass is 274 g/mol. The molecule has 1 rings (SSSR count). The molecule has 1 aromatic heterocycles. The molecule has 98 valence electrons. The highest BCUT2D eigenvalue weighted by atomic mass is 35.5. The second kappa shape index (κ2) is 5.77. The largest absolute Gasteiger partial charge is 0.462 e. The first-order chi connectivity index (χ1) is 8.40. The number of carbonyl (C=O) groups is 2. The zero-order chi connectivity index (χ0) is 13.9. The lowest BCUT2D eigenvalue weighted by Crippen LogP contribution is -2.27. The molecule has 1 aromatic rings. The zero-order valence-corrected chi connectivity index (χ0v) is 10.9. The first-order valence-corrected chi connectivity index (χ1v) is 5.53. The number of amides is 1. The highest BCUT2D eigenvalue weighted by Crippen LogP contribution is 2.28. The van der Waals surface area contributed by atoms with E-state index in [9.17, 15) is 14.0 Å². The van der Waals surface area contributed by atoms with Gasteiger partial charge in [0.05, 0.1) is 12.3 Å². The fourth-order valence-electron chi connectivity index (χ4n) is 1.30. The quantitative estimate of drug-likeness (QED) is 0.625. The summed E-state index contributed by atoms with van der Waals surface area (Å²) in [5.74, 6) is -2.13. The number of halogens is 2. The summed E-state index contributed by atoms with van der Waals surface area (Å²) < 4.78 is 18.6. The summed E-state index contributed by atoms with van der Waals surface area (Å²) >= 11 is 5.54. The summed E-state index contributed by atoms with van der Waals surface area (Å²) in [6.45, 7) is 2.99. The van der Waals surface area contributed by atoms with Gasteiger partial charge in [-0.3, -0.25) is 4.79 Å². The molecule has 18 heavy (non-hydrogen) atoms. The predicted molar refractivity (Wildman–Crippen MR) is 64.2 cm³/mol. The van der Waals surface area contributed by atoms with E-state index in [1.165, 1.54) is 14.0 Å². The van der Waals surface area contributed by atoms with Crippen molar-refractivity contribution in [2.75, 3.05) is 18.6 Å². The maximum Gasteiger partial charge on any atom is 0.341 e. The van der Waals surface area contributed by atoms with E-state index in [-0.39, 0.29) is 17.9 Å². The number of hydrogen-bond donors (Lipinski definition) is 0. The molecule has 0 bridgehead atoms. The van der Waals surface area contributed by atoms with Gasteiger partial charge >= 0.3 is 5.97 Å². The molecule has 5 nitrogen and oxygen atoms in total. The second-order valence-corrected chi connectivity index (χ2v) is 3.78. The molecule has 0 saturated heterocycles. The van der Waals surface area contributed by atoms with E-state index in [4.69, 9.17) is 16.3 Å². The minimum atomic E-state index is -0.931. The number of anilines is 1. The molecule has 0 aliphatic heterocycles. The van der Waals surface area contributed by atoms with Crippen molar-refractivity contribution in [1.29, 1.82) is 0 Å². The topological polar surface area (TPSA) is 59.5 Å². The number of esters is 1. The Morgan fingerprint density at radius 3 is 2.67 bits per heavy atom. The summed E-state index contributed by atoms with van der Waals surface area (Å²) in [7, 11) is 1.33. The van der Waals surface area contributed by atoms with Crippen molar-refractivity contribution in [3.63, 3.8) is 0 Å². The Bertz CT molecular complexity index is 493. The average molecular weight is 275 g/mol. The molecule has 7 heteroatoms. The third-order valence-electron chi connectivity index (χ3n) is 2.25. The van der Waals surface area contributed by atoms with E-state index in [0.717, 1.165) is 11.1 Å². The summed E-state index contributed by atoms with van der Waals surface area (Å²) in [5.41, 5.74) is -0.377. The third kappa shape index (κ3) is 2.76. The lowest BCUT2D eigenvalue weighted by Gasteiger charge is -2.19. The van der Waals surface area contributed by atoms with Gasteiger partial charge < -0.3 is 9.64 Å². The van der Waals surface area contributed by atoms with Gasteiger partial charge in [-0.2, -0.15) is 0 Å². The Morgan fingerprint density at radius 2 is 2.17 bits per heavy atom. The summed E-state index contributed by atoms with van der Waals surface area (Å²) in [4.78, 5) is 27.4. The Morgan fingerprint density at radius 1 is 1.56 bits per heavy atom. The molecular formula is C11H12ClFN2O3. The van der Waals surface area contributed by atoms with Crippen LogP contribution in [0.4, 0.5) is 10.1 Å². The second-order valence-electron chi connectivity index (χ2n) is 3.42. The standard InChI is InChI=1S/C11H12ClFN2O3/c1-4-18-11(17)7-5-14-10(12)8(13)9(7)15(3)6(2)16/h5H,4H2,1-3H3. The van der Waals surface area contributed by atoms with Crippen LogP contribution in [0.1, 0.15) is 24.2 Å². The van der Waals surface area contributed by atoms with Crippen molar-refractivity contribution in [1.82, 2.24) is 4.98 Å². The van der Waals surface area contributed by atoms with Crippen LogP contribution in [0.15, 0.2) is 6.20 Å². The van der Waals surface area contributed by atoms with Crippen molar-refractivity contribution in [2.24, 2.45) is 0 Å². The SMILES string of the molecule is CCOC(=O)c1cnc(Cl)c(F)c1N(C)C(C)=O. The smallest absolute Gasteiger partial charge is 0.341 e. The summed E-state index contributed by atoms with van der Waals surface area (Å²) in [6.07, 6.45) is 1.08. The van der Waals surface area contributed by atoms with Crippen LogP contribution in [-0.2, 0) is 9.53 Å². The Balaban J connectivity index is 3.38. The molecule has 0 spiro atoms. The normalized spacial score (nSPS) is 10.1. The molecule has 0 aliphatic carbocycles. The van der Waals surface area contributed by atoms with Crippen molar-refractivity contribution in [3.05, 3.63) is 22.7 Å². The van der Waals surface area contributed by atoms with Crippen molar-refractivity contribution in [2.45, 2.75) is 13.8 Å². The lowest BCUT2D eigenvalue weighted by molar-refractivity contribution is -0.116. The Hall–Kier alpha value is -1.69. The minimum Gasteiger partial charge on any atom is -0.462 e. The highest BCUT2D eigenvalue weighted by molar-refractivity contribution is 6.30. The number of ether oxygens (including phenoxy) is 1. The van der Waals surface area contributed by atoms with E-state index in [1.54, 1.807) is 6.92 Å². The Labute approximate surface area is 109 Å². The van der Waals surface area contributed by atoms with Crippen LogP contribution >= 0.6 is 11.6 Å². The molecule has 1 heterocycles. The molecule has 0 aromatic carbocycles. The van der Waals surface area contributed by atoms with Gasteiger partial charge in [-0.25, -0.2) is 14.2 Å². The predicted octanol–water partition coefficient (Wildman–Crippen LogP) is 2.03. The molecule has 0 fully saturated rings. The number of hydrogen-bond acceptors (Lipinski definition) is 4. The maximum atomic E-state index is 13.9. The Kier molecular flexibility index (Phi) is 4.61. The minimum absolute atomic E-state index is 0.131. The summed E-state index contributed by atoms with van der Waals surface area (Å²) in [5, 5.41) is -0.411. The van der Waals surface area contributed by atoms with Crippen molar-refractivity contribution >= 4 is 29.2 Å². The average Bonchev–Trinajstić information content (AvgIpc) is 2.31. The van der Waals surface area contributed by atoms with Crippen LogP contribution in [0.5, 0.6) is 0 Å². The number of nitrogens with zero attached hydrogens (tertiary/aromatic N) is 2. The van der Waals surface area contributed by atoms with Crippen LogP contribution in [0, 0.1) is 5.82 Å². The molecule has 0 N–H and O–H groups in total. The highest BCUT2D eigenvalue weighted by Gasteiger charge is 2.24. The third-order valence-corrected chi connectivity index (χ3v) is 2.52. The van der Waals surface area contributed by atoms with E-state index in [1.807, 2.05) is 0 Å². The van der Waals surface area contributed by atoms with E-state index in [0.29, 0.717) is 0 Å². The first kappa shape index (κ1) is 14.4. The van der Waals surface area contributed by atoms with Crippen LogP contribution in [0.3, 0.4) is 0 Å². The fourth-order valence-corrected chi connectivity index (χ4v) is 1.44. The van der Waals surface area contributed by atoms with E-state index < -0.39 is 22.8 Å². The first-order valence-electron chi connectivity index (χ1n) is 5.15. The molecule has 0 unspecified atom stereocenters. The molecule has 0 aliphatic rings. The zero-order valence-electron chi connectivity index (χ0n) is 10.2. The van der Waals surface area contributed by atoms with Crippen LogP contribution < -0.4 is 4.90 Å². The van der Waals surface area contributed by atoms with Gasteiger partial charge in [-0.15, -0.1) is 0 Å². The van der Waals surface area contributed by atoms with Gasteiger partial charge in [-0.05, 0) is 6.92 Å². The fraction of sp³-hybridized carbons (Fsp3) is 0.364. The molecular weight excluding hydrogens is 263 g/mol. The van der Waals surface area contributed by atoms with E-state index in [2.05, 4.69) is 4.98 Å². The van der Waals surface area contributed by atoms with Crippen molar-refractivity contribution < 1.29 is 18.7 Å². The van der Waals surface area contributed by atoms with E-state index >= 15 is 0 Å².